The van der Waals surface area contributed by atoms with Crippen molar-refractivity contribution in [3.05, 3.63) is 46.4 Å². The van der Waals surface area contributed by atoms with Crippen molar-refractivity contribution in [3.63, 3.8) is 0 Å². The highest BCUT2D eigenvalue weighted by Gasteiger charge is 2.06. The quantitative estimate of drug-likeness (QED) is 0.794. The maximum absolute atomic E-state index is 6.00. The summed E-state index contributed by atoms with van der Waals surface area (Å²) in [5, 5.41) is 0.435. The molecule has 0 N–H and O–H groups in total. The molecule has 0 unspecified atom stereocenters. The molecule has 0 aliphatic carbocycles. The first-order valence-electron chi connectivity index (χ1n) is 5.70. The number of aryl methyl sites for hydroxylation is 2. The van der Waals surface area contributed by atoms with E-state index in [1.54, 1.807) is 13.2 Å². The topological polar surface area (TPSA) is 35.0 Å². The zero-order chi connectivity index (χ0) is 13.1. The van der Waals surface area contributed by atoms with E-state index in [0.717, 1.165) is 11.3 Å². The molecular weight excluding hydrogens is 248 g/mol. The minimum absolute atomic E-state index is 0.360. The van der Waals surface area contributed by atoms with Gasteiger partial charge in [0.1, 0.15) is 11.8 Å². The average Bonchev–Trinajstić information content (AvgIpc) is 2.32. The number of nitrogens with zero attached hydrogens (tertiary/aromatic N) is 2. The van der Waals surface area contributed by atoms with E-state index < -0.39 is 0 Å². The van der Waals surface area contributed by atoms with E-state index in [1.807, 2.05) is 6.07 Å². The molecule has 94 valence electrons. The summed E-state index contributed by atoms with van der Waals surface area (Å²) in [6, 6.07) is 7.99. The Labute approximate surface area is 112 Å². The van der Waals surface area contributed by atoms with Gasteiger partial charge in [-0.15, -0.1) is 0 Å². The number of halogens is 1. The summed E-state index contributed by atoms with van der Waals surface area (Å²) in [5.41, 5.74) is 4.36. The number of hydrogen-bond donors (Lipinski definition) is 0. The summed E-state index contributed by atoms with van der Waals surface area (Å²) in [7, 11) is 1.61. The molecule has 1 heterocycles. The Morgan fingerprint density at radius 3 is 2.56 bits per heavy atom. The second-order valence-corrected chi connectivity index (χ2v) is 4.61. The molecule has 0 spiro atoms. The minimum Gasteiger partial charge on any atom is -0.377 e. The summed E-state index contributed by atoms with van der Waals surface area (Å²) in [4.78, 5) is 8.56. The smallest absolute Gasteiger partial charge is 0.156 e. The van der Waals surface area contributed by atoms with Gasteiger partial charge in [-0.3, -0.25) is 0 Å². The van der Waals surface area contributed by atoms with Crippen LogP contribution in [0.5, 0.6) is 0 Å². The molecule has 0 fully saturated rings. The lowest BCUT2D eigenvalue weighted by Gasteiger charge is -2.07. The van der Waals surface area contributed by atoms with Crippen molar-refractivity contribution in [2.75, 3.05) is 7.11 Å². The standard InChI is InChI=1S/C14H15ClN2O/c1-9-4-5-11(6-10(9)2)12-7-13(15)17-14(16-12)8-18-3/h4-7H,8H2,1-3H3. The van der Waals surface area contributed by atoms with Gasteiger partial charge in [-0.25, -0.2) is 9.97 Å². The zero-order valence-corrected chi connectivity index (χ0v) is 11.5. The summed E-state index contributed by atoms with van der Waals surface area (Å²) >= 11 is 6.00. The number of hydrogen-bond acceptors (Lipinski definition) is 3. The average molecular weight is 263 g/mol. The number of rotatable bonds is 3. The van der Waals surface area contributed by atoms with Gasteiger partial charge in [0.05, 0.1) is 5.69 Å². The van der Waals surface area contributed by atoms with Crippen LogP contribution in [-0.4, -0.2) is 17.1 Å². The van der Waals surface area contributed by atoms with Crippen LogP contribution in [0.3, 0.4) is 0 Å². The summed E-state index contributed by atoms with van der Waals surface area (Å²) in [6.45, 7) is 4.53. The van der Waals surface area contributed by atoms with E-state index in [2.05, 4.69) is 35.9 Å². The molecule has 0 amide bonds. The monoisotopic (exact) mass is 262 g/mol. The van der Waals surface area contributed by atoms with Gasteiger partial charge in [0, 0.05) is 18.7 Å². The third-order valence-electron chi connectivity index (χ3n) is 2.82. The fourth-order valence-corrected chi connectivity index (χ4v) is 1.91. The van der Waals surface area contributed by atoms with E-state index in [9.17, 15) is 0 Å². The number of aromatic nitrogens is 2. The van der Waals surface area contributed by atoms with Gasteiger partial charge in [-0.1, -0.05) is 23.7 Å². The molecule has 0 saturated carbocycles. The second-order valence-electron chi connectivity index (χ2n) is 4.22. The van der Waals surface area contributed by atoms with Crippen molar-refractivity contribution < 1.29 is 4.74 Å². The van der Waals surface area contributed by atoms with Crippen LogP contribution in [0.1, 0.15) is 17.0 Å². The van der Waals surface area contributed by atoms with Gasteiger partial charge in [0.2, 0.25) is 0 Å². The first-order chi connectivity index (χ1) is 8.60. The number of methoxy groups -OCH3 is 1. The van der Waals surface area contributed by atoms with Gasteiger partial charge in [-0.2, -0.15) is 0 Å². The van der Waals surface area contributed by atoms with Crippen LogP contribution in [0.2, 0.25) is 5.15 Å². The van der Waals surface area contributed by atoms with E-state index >= 15 is 0 Å². The molecule has 0 saturated heterocycles. The van der Waals surface area contributed by atoms with Crippen LogP contribution in [0, 0.1) is 13.8 Å². The highest BCUT2D eigenvalue weighted by Crippen LogP contribution is 2.22. The van der Waals surface area contributed by atoms with Gasteiger partial charge >= 0.3 is 0 Å². The Balaban J connectivity index is 2.46. The van der Waals surface area contributed by atoms with Crippen LogP contribution in [0.25, 0.3) is 11.3 Å². The predicted octanol–water partition coefficient (Wildman–Crippen LogP) is 3.56. The van der Waals surface area contributed by atoms with Gasteiger partial charge in [-0.05, 0) is 31.0 Å². The maximum Gasteiger partial charge on any atom is 0.156 e. The molecule has 0 atom stereocenters. The van der Waals surface area contributed by atoms with Gasteiger partial charge in [0.15, 0.2) is 5.82 Å². The number of ether oxygens (including phenoxy) is 1. The molecular formula is C14H15ClN2O. The second kappa shape index (κ2) is 5.46. The molecule has 1 aromatic heterocycles. The molecule has 3 nitrogen and oxygen atoms in total. The van der Waals surface area contributed by atoms with Crippen molar-refractivity contribution in [3.8, 4) is 11.3 Å². The lowest BCUT2D eigenvalue weighted by Crippen LogP contribution is -1.99. The van der Waals surface area contributed by atoms with Crippen LogP contribution in [-0.2, 0) is 11.3 Å². The molecule has 1 aromatic carbocycles. The summed E-state index contributed by atoms with van der Waals surface area (Å²) in [6.07, 6.45) is 0. The third kappa shape index (κ3) is 2.86. The molecule has 2 rings (SSSR count). The van der Waals surface area contributed by atoms with Crippen molar-refractivity contribution in [2.45, 2.75) is 20.5 Å². The first kappa shape index (κ1) is 13.0. The van der Waals surface area contributed by atoms with Gasteiger partial charge in [0.25, 0.3) is 0 Å². The van der Waals surface area contributed by atoms with Gasteiger partial charge < -0.3 is 4.74 Å². The Bertz CT molecular complexity index is 570. The predicted molar refractivity (Wildman–Crippen MR) is 72.7 cm³/mol. The first-order valence-corrected chi connectivity index (χ1v) is 6.08. The lowest BCUT2D eigenvalue weighted by atomic mass is 10.0. The van der Waals surface area contributed by atoms with Crippen LogP contribution >= 0.6 is 11.6 Å². The van der Waals surface area contributed by atoms with Crippen molar-refractivity contribution in [1.29, 1.82) is 0 Å². The van der Waals surface area contributed by atoms with E-state index in [1.165, 1.54) is 11.1 Å². The van der Waals surface area contributed by atoms with E-state index in [4.69, 9.17) is 16.3 Å². The SMILES string of the molecule is COCc1nc(Cl)cc(-c2ccc(C)c(C)c2)n1. The van der Waals surface area contributed by atoms with E-state index in [0.29, 0.717) is 17.6 Å². The van der Waals surface area contributed by atoms with Crippen molar-refractivity contribution in [1.82, 2.24) is 9.97 Å². The summed E-state index contributed by atoms with van der Waals surface area (Å²) < 4.78 is 5.03. The van der Waals surface area contributed by atoms with Crippen LogP contribution in [0.4, 0.5) is 0 Å². The summed E-state index contributed by atoms with van der Waals surface area (Å²) in [5.74, 6) is 0.596. The Kier molecular flexibility index (Phi) is 3.94. The van der Waals surface area contributed by atoms with Crippen LogP contribution < -0.4 is 0 Å². The molecule has 0 bridgehead atoms. The fourth-order valence-electron chi connectivity index (χ4n) is 1.71. The molecule has 0 aliphatic heterocycles. The molecule has 0 aliphatic rings. The number of benzene rings is 1. The molecule has 18 heavy (non-hydrogen) atoms. The van der Waals surface area contributed by atoms with Crippen molar-refractivity contribution >= 4 is 11.6 Å². The molecule has 0 radical (unpaired) electrons. The normalized spacial score (nSPS) is 10.7. The zero-order valence-electron chi connectivity index (χ0n) is 10.7. The highest BCUT2D eigenvalue weighted by atomic mass is 35.5. The Hall–Kier alpha value is -1.45. The molecule has 2 aromatic rings. The van der Waals surface area contributed by atoms with Crippen molar-refractivity contribution in [2.24, 2.45) is 0 Å². The minimum atomic E-state index is 0.360. The Morgan fingerprint density at radius 1 is 1.11 bits per heavy atom. The maximum atomic E-state index is 6.00. The van der Waals surface area contributed by atoms with E-state index in [-0.39, 0.29) is 0 Å². The molecule has 4 heteroatoms. The fraction of sp³-hybridized carbons (Fsp3) is 0.286. The van der Waals surface area contributed by atoms with Crippen LogP contribution in [0.15, 0.2) is 24.3 Å². The third-order valence-corrected chi connectivity index (χ3v) is 3.01. The largest absolute Gasteiger partial charge is 0.377 e. The Morgan fingerprint density at radius 2 is 1.89 bits per heavy atom. The highest BCUT2D eigenvalue weighted by molar-refractivity contribution is 6.29. The lowest BCUT2D eigenvalue weighted by molar-refractivity contribution is 0.178.